The SMILES string of the molecule is COc1ccc(-c2n[nH]c3ccc(N4CCC5(CCN(CC(=O)N6CC=C(c7ccc(-c8ncn(C)n8)cc7)CC6)C5)C4=O)cc23)cc1C#N. The van der Waals surface area contributed by atoms with Gasteiger partial charge in [-0.25, -0.2) is 4.98 Å². The summed E-state index contributed by atoms with van der Waals surface area (Å²) in [5, 5.41) is 22.5. The highest BCUT2D eigenvalue weighted by Crippen LogP contribution is 2.43. The monoisotopic (exact) mass is 667 g/mol. The summed E-state index contributed by atoms with van der Waals surface area (Å²) in [5.74, 6) is 1.43. The molecule has 8 rings (SSSR count). The number of benzene rings is 3. The number of anilines is 1. The third kappa shape index (κ3) is 5.59. The van der Waals surface area contributed by atoms with Gasteiger partial charge in [-0.3, -0.25) is 24.3 Å². The van der Waals surface area contributed by atoms with Gasteiger partial charge in [0, 0.05) is 55.4 Å². The van der Waals surface area contributed by atoms with Gasteiger partial charge in [-0.05, 0) is 73.3 Å². The maximum Gasteiger partial charge on any atom is 0.237 e. The summed E-state index contributed by atoms with van der Waals surface area (Å²) in [4.78, 5) is 37.7. The van der Waals surface area contributed by atoms with E-state index >= 15 is 0 Å². The van der Waals surface area contributed by atoms with Gasteiger partial charge in [0.25, 0.3) is 0 Å². The maximum absolute atomic E-state index is 14.0. The van der Waals surface area contributed by atoms with Crippen LogP contribution >= 0.6 is 0 Å². The first-order chi connectivity index (χ1) is 24.3. The summed E-state index contributed by atoms with van der Waals surface area (Å²) in [6.45, 7) is 3.51. The molecular formula is C38H37N9O3. The van der Waals surface area contributed by atoms with Gasteiger partial charge in [0.1, 0.15) is 23.8 Å². The fourth-order valence-corrected chi connectivity index (χ4v) is 7.63. The number of H-pyrrole nitrogens is 1. The molecule has 1 unspecified atom stereocenters. The number of aryl methyl sites for hydroxylation is 1. The number of aromatic nitrogens is 5. The van der Waals surface area contributed by atoms with Crippen LogP contribution in [0, 0.1) is 16.7 Å². The molecule has 0 radical (unpaired) electrons. The lowest BCUT2D eigenvalue weighted by Gasteiger charge is -2.29. The molecule has 5 aromatic rings. The number of fused-ring (bicyclic) bond motifs is 1. The first-order valence-electron chi connectivity index (χ1n) is 16.9. The van der Waals surface area contributed by atoms with Crippen molar-refractivity contribution in [1.29, 1.82) is 5.26 Å². The zero-order valence-corrected chi connectivity index (χ0v) is 28.1. The number of nitrogens with zero attached hydrogens (tertiary/aromatic N) is 8. The quantitative estimate of drug-likeness (QED) is 0.265. The molecule has 0 aliphatic carbocycles. The van der Waals surface area contributed by atoms with Crippen LogP contribution < -0.4 is 9.64 Å². The molecule has 12 heteroatoms. The molecule has 0 bridgehead atoms. The zero-order valence-electron chi connectivity index (χ0n) is 28.1. The molecule has 3 aromatic carbocycles. The van der Waals surface area contributed by atoms with Gasteiger partial charge in [0.05, 0.1) is 30.1 Å². The topological polar surface area (TPSA) is 136 Å². The number of hydrogen-bond donors (Lipinski definition) is 1. The van der Waals surface area contributed by atoms with Crippen LogP contribution in [0.1, 0.15) is 30.4 Å². The van der Waals surface area contributed by atoms with Crippen LogP contribution in [0.2, 0.25) is 0 Å². The third-order valence-electron chi connectivity index (χ3n) is 10.4. The van der Waals surface area contributed by atoms with E-state index in [0.29, 0.717) is 55.6 Å². The van der Waals surface area contributed by atoms with E-state index in [4.69, 9.17) is 4.74 Å². The summed E-state index contributed by atoms with van der Waals surface area (Å²) >= 11 is 0. The summed E-state index contributed by atoms with van der Waals surface area (Å²) in [6.07, 6.45) is 6.13. The predicted octanol–water partition coefficient (Wildman–Crippen LogP) is 4.65. The molecule has 2 amide bonds. The lowest BCUT2D eigenvalue weighted by Crippen LogP contribution is -2.43. The minimum atomic E-state index is -0.488. The van der Waals surface area contributed by atoms with Crippen LogP contribution in [0.4, 0.5) is 5.69 Å². The van der Waals surface area contributed by atoms with Crippen molar-refractivity contribution >= 4 is 34.0 Å². The molecule has 2 fully saturated rings. The fraction of sp³-hybridized carbons (Fsp3) is 0.316. The number of likely N-dealkylation sites (tertiary alicyclic amines) is 1. The molecule has 1 atom stereocenters. The molecule has 3 aliphatic rings. The first-order valence-corrected chi connectivity index (χ1v) is 16.9. The van der Waals surface area contributed by atoms with Crippen molar-refractivity contribution in [3.05, 3.63) is 84.2 Å². The fourth-order valence-electron chi connectivity index (χ4n) is 7.63. The number of aromatic amines is 1. The second-order valence-corrected chi connectivity index (χ2v) is 13.4. The van der Waals surface area contributed by atoms with Crippen LogP contribution in [0.25, 0.3) is 39.1 Å². The molecule has 5 heterocycles. The van der Waals surface area contributed by atoms with E-state index in [0.717, 1.165) is 59.1 Å². The zero-order chi connectivity index (χ0) is 34.4. The Kier molecular flexibility index (Phi) is 7.92. The predicted molar refractivity (Wildman–Crippen MR) is 189 cm³/mol. The van der Waals surface area contributed by atoms with Crippen LogP contribution in [0.3, 0.4) is 0 Å². The van der Waals surface area contributed by atoms with Crippen molar-refractivity contribution in [2.75, 3.05) is 51.3 Å². The van der Waals surface area contributed by atoms with Crippen molar-refractivity contribution < 1.29 is 14.3 Å². The van der Waals surface area contributed by atoms with Crippen LogP contribution in [-0.2, 0) is 16.6 Å². The van der Waals surface area contributed by atoms with Gasteiger partial charge in [0.2, 0.25) is 11.8 Å². The number of hydrogen-bond acceptors (Lipinski definition) is 8. The Morgan fingerprint density at radius 1 is 1.02 bits per heavy atom. The average Bonchev–Trinajstić information content (AvgIpc) is 3.95. The van der Waals surface area contributed by atoms with Gasteiger partial charge >= 0.3 is 0 Å². The van der Waals surface area contributed by atoms with Crippen molar-refractivity contribution in [2.24, 2.45) is 12.5 Å². The first kappa shape index (κ1) is 31.5. The molecule has 12 nitrogen and oxygen atoms in total. The Morgan fingerprint density at radius 3 is 2.56 bits per heavy atom. The molecule has 50 heavy (non-hydrogen) atoms. The van der Waals surface area contributed by atoms with Gasteiger partial charge < -0.3 is 14.5 Å². The van der Waals surface area contributed by atoms with Crippen LogP contribution in [-0.4, -0.2) is 93.0 Å². The molecule has 252 valence electrons. The Hall–Kier alpha value is -5.80. The number of amides is 2. The highest BCUT2D eigenvalue weighted by atomic mass is 16.5. The van der Waals surface area contributed by atoms with E-state index in [-0.39, 0.29) is 11.8 Å². The second-order valence-electron chi connectivity index (χ2n) is 13.4. The van der Waals surface area contributed by atoms with Gasteiger partial charge in [0.15, 0.2) is 5.82 Å². The number of carbonyl (C=O) groups excluding carboxylic acids is 2. The number of rotatable bonds is 7. The Bertz CT molecular complexity index is 2190. The van der Waals surface area contributed by atoms with Gasteiger partial charge in [-0.2, -0.15) is 15.5 Å². The van der Waals surface area contributed by atoms with E-state index in [2.05, 4.69) is 49.5 Å². The van der Waals surface area contributed by atoms with E-state index in [1.807, 2.05) is 53.2 Å². The van der Waals surface area contributed by atoms with Crippen LogP contribution in [0.15, 0.2) is 73.1 Å². The Morgan fingerprint density at radius 2 is 1.82 bits per heavy atom. The smallest absolute Gasteiger partial charge is 0.237 e. The minimum absolute atomic E-state index is 0.104. The number of methoxy groups -OCH3 is 1. The summed E-state index contributed by atoms with van der Waals surface area (Å²) in [5.41, 5.74) is 6.48. The minimum Gasteiger partial charge on any atom is -0.495 e. The van der Waals surface area contributed by atoms with Crippen molar-refractivity contribution in [3.8, 4) is 34.5 Å². The number of ether oxygens (including phenoxy) is 1. The third-order valence-corrected chi connectivity index (χ3v) is 10.4. The van der Waals surface area contributed by atoms with E-state index < -0.39 is 5.41 Å². The molecule has 1 spiro atoms. The average molecular weight is 668 g/mol. The maximum atomic E-state index is 14.0. The van der Waals surface area contributed by atoms with Crippen molar-refractivity contribution in [2.45, 2.75) is 19.3 Å². The number of nitrogens with one attached hydrogen (secondary N) is 1. The second kappa shape index (κ2) is 12.6. The molecule has 0 saturated carbocycles. The normalized spacial score (nSPS) is 19.4. The van der Waals surface area contributed by atoms with Crippen LogP contribution in [0.5, 0.6) is 5.75 Å². The summed E-state index contributed by atoms with van der Waals surface area (Å²) in [7, 11) is 3.40. The Labute approximate surface area is 289 Å². The van der Waals surface area contributed by atoms with E-state index in [1.54, 1.807) is 30.3 Å². The molecule has 1 N–H and O–H groups in total. The summed E-state index contributed by atoms with van der Waals surface area (Å²) in [6, 6.07) is 21.8. The number of carbonyl (C=O) groups is 2. The van der Waals surface area contributed by atoms with Crippen molar-refractivity contribution in [1.82, 2.24) is 34.8 Å². The van der Waals surface area contributed by atoms with E-state index in [1.165, 1.54) is 5.57 Å². The largest absolute Gasteiger partial charge is 0.495 e. The van der Waals surface area contributed by atoms with E-state index in [9.17, 15) is 14.9 Å². The molecular weight excluding hydrogens is 630 g/mol. The molecule has 2 aromatic heterocycles. The lowest BCUT2D eigenvalue weighted by molar-refractivity contribution is -0.132. The van der Waals surface area contributed by atoms with Gasteiger partial charge in [-0.15, -0.1) is 0 Å². The highest BCUT2D eigenvalue weighted by molar-refractivity contribution is 6.03. The standard InChI is InChI=1S/C38H37N9O3/c1-44-24-40-36(43-44)27-5-3-25(4-6-27)26-11-15-46(16-12-26)34(48)22-45-17-13-38(23-45)14-18-47(37(38)49)30-8-9-32-31(20-30)35(42-41-32)28-7-10-33(50-2)29(19-28)21-39/h3-11,19-20,24H,12-18,22-23H2,1-2H3,(H,41,42). The lowest BCUT2D eigenvalue weighted by atomic mass is 9.85. The number of nitriles is 1. The van der Waals surface area contributed by atoms with Crippen molar-refractivity contribution in [3.63, 3.8) is 0 Å². The highest BCUT2D eigenvalue weighted by Gasteiger charge is 2.51. The Balaban J connectivity index is 0.904. The van der Waals surface area contributed by atoms with Gasteiger partial charge in [-0.1, -0.05) is 30.3 Å². The molecule has 3 aliphatic heterocycles. The summed E-state index contributed by atoms with van der Waals surface area (Å²) < 4.78 is 7.00. The molecule has 2 saturated heterocycles.